The zero-order valence-corrected chi connectivity index (χ0v) is 19.4. The van der Waals surface area contributed by atoms with Crippen LogP contribution in [-0.2, 0) is 11.2 Å². The van der Waals surface area contributed by atoms with Gasteiger partial charge in [-0.2, -0.15) is 4.98 Å². The van der Waals surface area contributed by atoms with Crippen molar-refractivity contribution in [1.29, 1.82) is 0 Å². The molecule has 0 radical (unpaired) electrons. The lowest BCUT2D eigenvalue weighted by Gasteiger charge is -2.05. The van der Waals surface area contributed by atoms with Crippen molar-refractivity contribution in [3.8, 4) is 28.6 Å². The number of hydrogen-bond donors (Lipinski definition) is 1. The van der Waals surface area contributed by atoms with E-state index in [9.17, 15) is 4.79 Å². The molecule has 0 aliphatic heterocycles. The smallest absolute Gasteiger partial charge is 0.227 e. The van der Waals surface area contributed by atoms with Crippen LogP contribution in [0.2, 0.25) is 0 Å². The molecule has 0 saturated heterocycles. The second-order valence-corrected chi connectivity index (χ2v) is 8.18. The predicted molar refractivity (Wildman–Crippen MR) is 132 cm³/mol. The molecule has 5 aromatic rings. The van der Waals surface area contributed by atoms with Crippen molar-refractivity contribution in [2.75, 3.05) is 12.4 Å². The Kier molecular flexibility index (Phi) is 6.26. The second kappa shape index (κ2) is 9.80. The van der Waals surface area contributed by atoms with Crippen LogP contribution in [0.15, 0.2) is 75.7 Å². The number of carbonyl (C=O) groups excluding carboxylic acids is 1. The third kappa shape index (κ3) is 5.06. The van der Waals surface area contributed by atoms with Crippen LogP contribution in [-0.4, -0.2) is 28.1 Å². The zero-order valence-electron chi connectivity index (χ0n) is 19.4. The van der Waals surface area contributed by atoms with Gasteiger partial charge in [-0.25, -0.2) is 4.98 Å². The Bertz CT molecular complexity index is 1470. The number of benzene rings is 3. The monoisotopic (exact) mass is 468 g/mol. The molecule has 2 aromatic heterocycles. The lowest BCUT2D eigenvalue weighted by Crippen LogP contribution is -2.11. The summed E-state index contributed by atoms with van der Waals surface area (Å²) in [6, 6.07) is 20.8. The van der Waals surface area contributed by atoms with Gasteiger partial charge in [-0.05, 0) is 67.4 Å². The van der Waals surface area contributed by atoms with E-state index in [1.54, 1.807) is 7.11 Å². The third-order valence-electron chi connectivity index (χ3n) is 5.57. The van der Waals surface area contributed by atoms with Crippen molar-refractivity contribution in [1.82, 2.24) is 15.1 Å². The van der Waals surface area contributed by atoms with Gasteiger partial charge in [0.2, 0.25) is 23.5 Å². The molecule has 0 atom stereocenters. The topological polar surface area (TPSA) is 103 Å². The first-order valence-electron chi connectivity index (χ1n) is 11.3. The number of aryl methyl sites for hydroxylation is 2. The minimum atomic E-state index is -0.0837. The molecule has 0 bridgehead atoms. The molecule has 0 unspecified atom stereocenters. The van der Waals surface area contributed by atoms with E-state index in [4.69, 9.17) is 13.7 Å². The second-order valence-electron chi connectivity index (χ2n) is 8.18. The Morgan fingerprint density at radius 3 is 2.69 bits per heavy atom. The van der Waals surface area contributed by atoms with Gasteiger partial charge >= 0.3 is 0 Å². The number of carbonyl (C=O) groups is 1. The Labute approximate surface area is 201 Å². The third-order valence-corrected chi connectivity index (χ3v) is 5.57. The van der Waals surface area contributed by atoms with E-state index in [1.165, 1.54) is 0 Å². The summed E-state index contributed by atoms with van der Waals surface area (Å²) in [5.74, 6) is 2.10. The molecule has 0 aliphatic carbocycles. The van der Waals surface area contributed by atoms with Gasteiger partial charge in [0.1, 0.15) is 11.3 Å². The van der Waals surface area contributed by atoms with Gasteiger partial charge in [0.15, 0.2) is 5.58 Å². The molecule has 2 heterocycles. The lowest BCUT2D eigenvalue weighted by atomic mass is 10.2. The predicted octanol–water partition coefficient (Wildman–Crippen LogP) is 5.82. The van der Waals surface area contributed by atoms with Gasteiger partial charge in [0.25, 0.3) is 0 Å². The van der Waals surface area contributed by atoms with Crippen molar-refractivity contribution >= 4 is 22.7 Å². The summed E-state index contributed by atoms with van der Waals surface area (Å²) in [6.45, 7) is 2.02. The van der Waals surface area contributed by atoms with Crippen molar-refractivity contribution in [3.05, 3.63) is 78.2 Å². The highest BCUT2D eigenvalue weighted by atomic mass is 16.5. The van der Waals surface area contributed by atoms with Crippen LogP contribution in [0.5, 0.6) is 5.75 Å². The number of methoxy groups -OCH3 is 1. The maximum Gasteiger partial charge on any atom is 0.227 e. The first kappa shape index (κ1) is 22.3. The highest BCUT2D eigenvalue weighted by molar-refractivity contribution is 5.91. The Morgan fingerprint density at radius 2 is 1.86 bits per heavy atom. The summed E-state index contributed by atoms with van der Waals surface area (Å²) in [5.41, 5.74) is 5.03. The average Bonchev–Trinajstić information content (AvgIpc) is 3.51. The first-order chi connectivity index (χ1) is 17.1. The number of rotatable bonds is 8. The maximum atomic E-state index is 12.4. The fourth-order valence-electron chi connectivity index (χ4n) is 3.78. The van der Waals surface area contributed by atoms with E-state index in [0.29, 0.717) is 48.3 Å². The van der Waals surface area contributed by atoms with E-state index in [0.717, 1.165) is 27.8 Å². The molecule has 35 heavy (non-hydrogen) atoms. The Balaban J connectivity index is 1.14. The molecule has 5 rings (SSSR count). The van der Waals surface area contributed by atoms with Crippen LogP contribution in [0, 0.1) is 6.92 Å². The van der Waals surface area contributed by atoms with Crippen LogP contribution >= 0.6 is 0 Å². The summed E-state index contributed by atoms with van der Waals surface area (Å²) < 4.78 is 16.5. The molecule has 0 aliphatic rings. The van der Waals surface area contributed by atoms with Crippen LogP contribution in [0.25, 0.3) is 33.9 Å². The quantitative estimate of drug-likeness (QED) is 0.306. The minimum Gasteiger partial charge on any atom is -0.496 e. The molecule has 3 aromatic carbocycles. The van der Waals surface area contributed by atoms with E-state index in [-0.39, 0.29) is 5.91 Å². The van der Waals surface area contributed by atoms with Crippen LogP contribution in [0.3, 0.4) is 0 Å². The Morgan fingerprint density at radius 1 is 1.03 bits per heavy atom. The fraction of sp³-hybridized carbons (Fsp3) is 0.185. The summed E-state index contributed by atoms with van der Waals surface area (Å²) in [6.07, 6.45) is 1.42. The SMILES string of the molecule is COc1ccccc1-c1noc(CCCC(=O)Nc2ccc(-c3nc4cc(C)ccc4o3)cc2)n1. The van der Waals surface area contributed by atoms with Crippen molar-refractivity contribution in [2.45, 2.75) is 26.2 Å². The molecule has 176 valence electrons. The number of fused-ring (bicyclic) bond motifs is 1. The van der Waals surface area contributed by atoms with Gasteiger partial charge in [-0.3, -0.25) is 4.79 Å². The standard InChI is InChI=1S/C27H24N4O4/c1-17-10-15-23-21(16-17)29-27(34-23)18-11-13-19(14-12-18)28-24(32)8-5-9-25-30-26(31-35-25)20-6-3-4-7-22(20)33-2/h3-4,6-7,10-16H,5,8-9H2,1-2H3,(H,28,32). The van der Waals surface area contributed by atoms with E-state index >= 15 is 0 Å². The van der Waals surface area contributed by atoms with Crippen LogP contribution in [0.4, 0.5) is 5.69 Å². The molecule has 0 fully saturated rings. The largest absolute Gasteiger partial charge is 0.496 e. The first-order valence-corrected chi connectivity index (χ1v) is 11.3. The van der Waals surface area contributed by atoms with Crippen molar-refractivity contribution in [2.24, 2.45) is 0 Å². The number of anilines is 1. The number of oxazole rings is 1. The van der Waals surface area contributed by atoms with E-state index in [1.807, 2.05) is 73.7 Å². The molecule has 8 heteroatoms. The van der Waals surface area contributed by atoms with Gasteiger partial charge in [0.05, 0.1) is 12.7 Å². The normalized spacial score (nSPS) is 11.0. The average molecular weight is 469 g/mol. The lowest BCUT2D eigenvalue weighted by molar-refractivity contribution is -0.116. The molecular weight excluding hydrogens is 444 g/mol. The minimum absolute atomic E-state index is 0.0837. The summed E-state index contributed by atoms with van der Waals surface area (Å²) in [7, 11) is 1.60. The van der Waals surface area contributed by atoms with Gasteiger partial charge in [0, 0.05) is 24.1 Å². The number of amides is 1. The molecular formula is C27H24N4O4. The number of ether oxygens (including phenoxy) is 1. The molecule has 0 saturated carbocycles. The maximum absolute atomic E-state index is 12.4. The summed E-state index contributed by atoms with van der Waals surface area (Å²) >= 11 is 0. The van der Waals surface area contributed by atoms with Crippen molar-refractivity contribution in [3.63, 3.8) is 0 Å². The molecule has 0 spiro atoms. The molecule has 1 N–H and O–H groups in total. The Hall–Kier alpha value is -4.46. The van der Waals surface area contributed by atoms with Crippen LogP contribution < -0.4 is 10.1 Å². The number of aromatic nitrogens is 3. The number of nitrogens with one attached hydrogen (secondary N) is 1. The summed E-state index contributed by atoms with van der Waals surface area (Å²) in [5, 5.41) is 6.95. The fourth-order valence-corrected chi connectivity index (χ4v) is 3.78. The summed E-state index contributed by atoms with van der Waals surface area (Å²) in [4.78, 5) is 21.4. The van der Waals surface area contributed by atoms with Gasteiger partial charge in [-0.1, -0.05) is 23.4 Å². The van der Waals surface area contributed by atoms with Crippen molar-refractivity contribution < 1.29 is 18.5 Å². The van der Waals surface area contributed by atoms with Crippen LogP contribution in [0.1, 0.15) is 24.3 Å². The highest BCUT2D eigenvalue weighted by Crippen LogP contribution is 2.28. The molecule has 1 amide bonds. The molecule has 8 nitrogen and oxygen atoms in total. The zero-order chi connectivity index (χ0) is 24.2. The number of nitrogens with zero attached hydrogens (tertiary/aromatic N) is 3. The van der Waals surface area contributed by atoms with E-state index < -0.39 is 0 Å². The van der Waals surface area contributed by atoms with Gasteiger partial charge in [-0.15, -0.1) is 0 Å². The number of para-hydroxylation sites is 1. The van der Waals surface area contributed by atoms with E-state index in [2.05, 4.69) is 20.4 Å². The van der Waals surface area contributed by atoms with Gasteiger partial charge < -0.3 is 19.0 Å². The number of hydrogen-bond acceptors (Lipinski definition) is 7. The highest BCUT2D eigenvalue weighted by Gasteiger charge is 2.14.